The molecule has 1 aliphatic rings. The van der Waals surface area contributed by atoms with E-state index in [1.54, 1.807) is 0 Å². The van der Waals surface area contributed by atoms with Crippen LogP contribution in [0.1, 0.15) is 13.8 Å². The van der Waals surface area contributed by atoms with Crippen LogP contribution in [0.5, 0.6) is 0 Å². The second kappa shape index (κ2) is 4.23. The van der Waals surface area contributed by atoms with Crippen molar-refractivity contribution in [2.24, 2.45) is 0 Å². The van der Waals surface area contributed by atoms with Crippen molar-refractivity contribution < 1.29 is 0 Å². The Morgan fingerprint density at radius 2 is 1.53 bits per heavy atom. The fourth-order valence-corrected chi connectivity index (χ4v) is 2.70. The van der Waals surface area contributed by atoms with Crippen molar-refractivity contribution in [3.8, 4) is 0 Å². The van der Waals surface area contributed by atoms with Crippen molar-refractivity contribution in [1.29, 1.82) is 0 Å². The van der Waals surface area contributed by atoms with Crippen LogP contribution in [0.4, 0.5) is 5.69 Å². The standard InChI is InChI=1S/C13H20N2/c1-11-9-14(3)10-12(2)15(11)13-7-5-4-6-8-13/h4-8,11-12H,9-10H2,1-3H3/t11-,12-/m1/s1. The van der Waals surface area contributed by atoms with Crippen molar-refractivity contribution in [2.45, 2.75) is 25.9 Å². The van der Waals surface area contributed by atoms with E-state index in [1.165, 1.54) is 5.69 Å². The molecule has 82 valence electrons. The predicted molar refractivity (Wildman–Crippen MR) is 65.3 cm³/mol. The van der Waals surface area contributed by atoms with E-state index in [0.717, 1.165) is 13.1 Å². The highest BCUT2D eigenvalue weighted by atomic mass is 15.3. The van der Waals surface area contributed by atoms with Gasteiger partial charge < -0.3 is 9.80 Å². The monoisotopic (exact) mass is 204 g/mol. The minimum absolute atomic E-state index is 0.598. The molecule has 15 heavy (non-hydrogen) atoms. The molecule has 1 aliphatic heterocycles. The number of hydrogen-bond donors (Lipinski definition) is 0. The van der Waals surface area contributed by atoms with Gasteiger partial charge in [0.15, 0.2) is 0 Å². The number of nitrogens with zero attached hydrogens (tertiary/aromatic N) is 2. The fourth-order valence-electron chi connectivity index (χ4n) is 2.70. The third kappa shape index (κ3) is 2.15. The molecule has 1 aromatic rings. The SMILES string of the molecule is C[C@@H]1CN(C)C[C@@H](C)N1c1ccccc1. The van der Waals surface area contributed by atoms with Gasteiger partial charge in [-0.1, -0.05) is 18.2 Å². The zero-order chi connectivity index (χ0) is 10.8. The Morgan fingerprint density at radius 3 is 2.07 bits per heavy atom. The van der Waals surface area contributed by atoms with Crippen molar-refractivity contribution >= 4 is 5.69 Å². The van der Waals surface area contributed by atoms with Gasteiger partial charge in [-0.25, -0.2) is 0 Å². The van der Waals surface area contributed by atoms with Crippen molar-refractivity contribution in [3.05, 3.63) is 30.3 Å². The summed E-state index contributed by atoms with van der Waals surface area (Å²) in [5.41, 5.74) is 1.35. The maximum absolute atomic E-state index is 2.53. The summed E-state index contributed by atoms with van der Waals surface area (Å²) in [7, 11) is 2.20. The molecule has 2 heteroatoms. The third-order valence-electron chi connectivity index (χ3n) is 3.16. The maximum atomic E-state index is 2.53. The molecule has 1 aromatic carbocycles. The van der Waals surface area contributed by atoms with E-state index in [0.29, 0.717) is 12.1 Å². The van der Waals surface area contributed by atoms with Crippen molar-refractivity contribution in [2.75, 3.05) is 25.0 Å². The lowest BCUT2D eigenvalue weighted by molar-refractivity contribution is 0.240. The molecular weight excluding hydrogens is 184 g/mol. The molecule has 2 rings (SSSR count). The lowest BCUT2D eigenvalue weighted by atomic mass is 10.1. The van der Waals surface area contributed by atoms with Crippen molar-refractivity contribution in [3.63, 3.8) is 0 Å². The Bertz CT molecular complexity index is 298. The van der Waals surface area contributed by atoms with E-state index in [9.17, 15) is 0 Å². The molecule has 0 spiro atoms. The van der Waals surface area contributed by atoms with Gasteiger partial charge in [0.05, 0.1) is 0 Å². The van der Waals surface area contributed by atoms with Gasteiger partial charge in [0.1, 0.15) is 0 Å². The number of likely N-dealkylation sites (N-methyl/N-ethyl adjacent to an activating group) is 1. The van der Waals surface area contributed by atoms with E-state index in [1.807, 2.05) is 0 Å². The van der Waals surface area contributed by atoms with Crippen LogP contribution in [0.3, 0.4) is 0 Å². The lowest BCUT2D eigenvalue weighted by Crippen LogP contribution is -2.55. The molecule has 1 heterocycles. The molecule has 1 saturated heterocycles. The van der Waals surface area contributed by atoms with E-state index < -0.39 is 0 Å². The smallest absolute Gasteiger partial charge is 0.0392 e. The van der Waals surface area contributed by atoms with Gasteiger partial charge in [0.25, 0.3) is 0 Å². The Kier molecular flexibility index (Phi) is 2.96. The summed E-state index contributed by atoms with van der Waals surface area (Å²) in [6, 6.07) is 11.9. The summed E-state index contributed by atoms with van der Waals surface area (Å²) < 4.78 is 0. The van der Waals surface area contributed by atoms with E-state index in [-0.39, 0.29) is 0 Å². The van der Waals surface area contributed by atoms with Gasteiger partial charge in [-0.05, 0) is 33.0 Å². The van der Waals surface area contributed by atoms with Crippen LogP contribution in [-0.2, 0) is 0 Å². The molecule has 0 bridgehead atoms. The number of piperazine rings is 1. The molecule has 1 fully saturated rings. The molecule has 0 radical (unpaired) electrons. The van der Waals surface area contributed by atoms with Crippen molar-refractivity contribution in [1.82, 2.24) is 4.90 Å². The number of anilines is 1. The second-order valence-corrected chi connectivity index (χ2v) is 4.66. The van der Waals surface area contributed by atoms with Gasteiger partial charge in [-0.15, -0.1) is 0 Å². The summed E-state index contributed by atoms with van der Waals surface area (Å²) in [6.07, 6.45) is 0. The second-order valence-electron chi connectivity index (χ2n) is 4.66. The Hall–Kier alpha value is -1.02. The molecular formula is C13H20N2. The summed E-state index contributed by atoms with van der Waals surface area (Å²) in [5.74, 6) is 0. The maximum Gasteiger partial charge on any atom is 0.0392 e. The first-order valence-electron chi connectivity index (χ1n) is 5.70. The molecule has 0 N–H and O–H groups in total. The van der Waals surface area contributed by atoms with Crippen LogP contribution in [0.25, 0.3) is 0 Å². The first-order valence-corrected chi connectivity index (χ1v) is 5.70. The summed E-state index contributed by atoms with van der Waals surface area (Å²) >= 11 is 0. The van der Waals surface area contributed by atoms with Crippen LogP contribution >= 0.6 is 0 Å². The largest absolute Gasteiger partial charge is 0.364 e. The Labute approximate surface area is 92.5 Å². The fraction of sp³-hybridized carbons (Fsp3) is 0.538. The van der Waals surface area contributed by atoms with Crippen LogP contribution in [-0.4, -0.2) is 37.1 Å². The minimum Gasteiger partial charge on any atom is -0.364 e. The van der Waals surface area contributed by atoms with Crippen LogP contribution in [0, 0.1) is 0 Å². The summed E-state index contributed by atoms with van der Waals surface area (Å²) in [5, 5.41) is 0. The average Bonchev–Trinajstić information content (AvgIpc) is 2.17. The molecule has 0 amide bonds. The number of para-hydroxylation sites is 1. The zero-order valence-electron chi connectivity index (χ0n) is 9.85. The number of rotatable bonds is 1. The van der Waals surface area contributed by atoms with Crippen LogP contribution < -0.4 is 4.90 Å². The van der Waals surface area contributed by atoms with E-state index >= 15 is 0 Å². The highest BCUT2D eigenvalue weighted by molar-refractivity contribution is 5.48. The van der Waals surface area contributed by atoms with Gasteiger partial charge >= 0.3 is 0 Å². The number of hydrogen-bond acceptors (Lipinski definition) is 2. The number of benzene rings is 1. The average molecular weight is 204 g/mol. The molecule has 2 nitrogen and oxygen atoms in total. The van der Waals surface area contributed by atoms with E-state index in [4.69, 9.17) is 0 Å². The van der Waals surface area contributed by atoms with Gasteiger partial charge in [0.2, 0.25) is 0 Å². The molecule has 0 aromatic heterocycles. The van der Waals surface area contributed by atoms with Gasteiger partial charge in [-0.2, -0.15) is 0 Å². The molecule has 0 aliphatic carbocycles. The first kappa shape index (κ1) is 10.5. The Balaban J connectivity index is 2.21. The van der Waals surface area contributed by atoms with Gasteiger partial charge in [0, 0.05) is 30.9 Å². The zero-order valence-corrected chi connectivity index (χ0v) is 9.85. The first-order chi connectivity index (χ1) is 7.18. The van der Waals surface area contributed by atoms with E-state index in [2.05, 4.69) is 61.0 Å². The van der Waals surface area contributed by atoms with Crippen LogP contribution in [0.15, 0.2) is 30.3 Å². The quantitative estimate of drug-likeness (QED) is 0.692. The molecule has 2 atom stereocenters. The predicted octanol–water partition coefficient (Wildman–Crippen LogP) is 2.22. The lowest BCUT2D eigenvalue weighted by Gasteiger charge is -2.44. The highest BCUT2D eigenvalue weighted by Gasteiger charge is 2.27. The topological polar surface area (TPSA) is 6.48 Å². The highest BCUT2D eigenvalue weighted by Crippen LogP contribution is 2.23. The third-order valence-corrected chi connectivity index (χ3v) is 3.16. The summed E-state index contributed by atoms with van der Waals surface area (Å²) in [4.78, 5) is 4.94. The van der Waals surface area contributed by atoms with Crippen LogP contribution in [0.2, 0.25) is 0 Å². The normalized spacial score (nSPS) is 28.1. The Morgan fingerprint density at radius 1 is 1.00 bits per heavy atom. The molecule has 0 saturated carbocycles. The van der Waals surface area contributed by atoms with Gasteiger partial charge in [-0.3, -0.25) is 0 Å². The minimum atomic E-state index is 0.598. The summed E-state index contributed by atoms with van der Waals surface area (Å²) in [6.45, 7) is 6.91. The molecule has 0 unspecified atom stereocenters.